The van der Waals surface area contributed by atoms with Crippen molar-refractivity contribution >= 4 is 17.5 Å². The zero-order chi connectivity index (χ0) is 16.4. The molecule has 2 heterocycles. The third-order valence-electron chi connectivity index (χ3n) is 4.80. The lowest BCUT2D eigenvalue weighted by molar-refractivity contribution is -0.133. The summed E-state index contributed by atoms with van der Waals surface area (Å²) in [7, 11) is 0. The third kappa shape index (κ3) is 3.52. The second kappa shape index (κ2) is 6.66. The first-order chi connectivity index (χ1) is 11.1. The lowest BCUT2D eigenvalue weighted by atomic mass is 9.89. The van der Waals surface area contributed by atoms with Gasteiger partial charge in [-0.15, -0.1) is 0 Å². The zero-order valence-electron chi connectivity index (χ0n) is 12.9. The number of benzene rings is 1. The molecule has 5 nitrogen and oxygen atoms in total. The van der Waals surface area contributed by atoms with Crippen molar-refractivity contribution < 1.29 is 19.1 Å². The predicted octanol–water partition coefficient (Wildman–Crippen LogP) is 1.55. The summed E-state index contributed by atoms with van der Waals surface area (Å²) in [5, 5.41) is 11.4. The number of hydrogen-bond donors (Lipinski definition) is 2. The first kappa shape index (κ1) is 15.9. The van der Waals surface area contributed by atoms with Gasteiger partial charge < -0.3 is 10.0 Å². The topological polar surface area (TPSA) is 69.6 Å². The van der Waals surface area contributed by atoms with Crippen molar-refractivity contribution in [1.29, 1.82) is 0 Å². The molecule has 1 aromatic carbocycles. The second-order valence-electron chi connectivity index (χ2n) is 6.40. The van der Waals surface area contributed by atoms with E-state index in [1.54, 1.807) is 6.07 Å². The molecule has 2 saturated heterocycles. The normalized spacial score (nSPS) is 20.7. The lowest BCUT2D eigenvalue weighted by Crippen LogP contribution is -2.37. The first-order valence-corrected chi connectivity index (χ1v) is 8.04. The van der Waals surface area contributed by atoms with Gasteiger partial charge >= 0.3 is 0 Å². The molecule has 6 heteroatoms. The molecular weight excluding hydrogens is 299 g/mol. The molecule has 2 fully saturated rings. The highest BCUT2D eigenvalue weighted by atomic mass is 19.1. The number of carbonyl (C=O) groups excluding carboxylic acids is 2. The van der Waals surface area contributed by atoms with E-state index in [9.17, 15) is 19.1 Å². The predicted molar refractivity (Wildman–Crippen MR) is 83.5 cm³/mol. The highest BCUT2D eigenvalue weighted by Crippen LogP contribution is 2.31. The second-order valence-corrected chi connectivity index (χ2v) is 6.40. The van der Waals surface area contributed by atoms with Gasteiger partial charge in [0.15, 0.2) is 0 Å². The molecule has 124 valence electrons. The summed E-state index contributed by atoms with van der Waals surface area (Å²) in [4.78, 5) is 24.9. The highest BCUT2D eigenvalue weighted by molar-refractivity contribution is 5.98. The average Bonchev–Trinajstić information content (AvgIpc) is 2.54. The summed E-state index contributed by atoms with van der Waals surface area (Å²) in [6.45, 7) is 1.64. The fraction of sp³-hybridized carbons (Fsp3) is 0.529. The first-order valence-electron chi connectivity index (χ1n) is 8.04. The van der Waals surface area contributed by atoms with E-state index in [1.807, 2.05) is 11.0 Å². The largest absolute Gasteiger partial charge is 0.396 e. The maximum Gasteiger partial charge on any atom is 0.227 e. The Morgan fingerprint density at radius 1 is 1.17 bits per heavy atom. The minimum Gasteiger partial charge on any atom is -0.396 e. The Kier molecular flexibility index (Phi) is 4.61. The number of imide groups is 1. The van der Waals surface area contributed by atoms with E-state index in [-0.39, 0.29) is 43.0 Å². The number of nitrogens with one attached hydrogen (secondary N) is 1. The number of carbonyl (C=O) groups is 2. The smallest absolute Gasteiger partial charge is 0.227 e. The van der Waals surface area contributed by atoms with Crippen LogP contribution in [0, 0.1) is 11.7 Å². The van der Waals surface area contributed by atoms with Crippen molar-refractivity contribution in [2.75, 3.05) is 24.6 Å². The Morgan fingerprint density at radius 3 is 2.39 bits per heavy atom. The molecule has 0 spiro atoms. The maximum atomic E-state index is 14.5. The molecule has 2 amide bonds. The molecule has 2 N–H and O–H groups in total. The van der Waals surface area contributed by atoms with Crippen molar-refractivity contribution in [2.24, 2.45) is 5.92 Å². The van der Waals surface area contributed by atoms with Gasteiger partial charge in [0.25, 0.3) is 0 Å². The number of rotatable bonds is 3. The number of piperidine rings is 2. The van der Waals surface area contributed by atoms with Crippen LogP contribution in [0.1, 0.15) is 37.2 Å². The number of nitrogens with zero attached hydrogens (tertiary/aromatic N) is 1. The summed E-state index contributed by atoms with van der Waals surface area (Å²) in [5.41, 5.74) is 1.25. The molecule has 1 aromatic rings. The Bertz CT molecular complexity index is 596. The molecule has 23 heavy (non-hydrogen) atoms. The molecule has 0 aliphatic carbocycles. The van der Waals surface area contributed by atoms with E-state index in [0.29, 0.717) is 17.2 Å². The molecule has 0 atom stereocenters. The van der Waals surface area contributed by atoms with Crippen LogP contribution in [0.15, 0.2) is 18.2 Å². The molecule has 0 bridgehead atoms. The van der Waals surface area contributed by atoms with Gasteiger partial charge in [-0.3, -0.25) is 14.9 Å². The van der Waals surface area contributed by atoms with Crippen LogP contribution in [-0.2, 0) is 9.59 Å². The van der Waals surface area contributed by atoms with Crippen LogP contribution >= 0.6 is 0 Å². The van der Waals surface area contributed by atoms with Crippen molar-refractivity contribution in [3.63, 3.8) is 0 Å². The number of hydrogen-bond acceptors (Lipinski definition) is 4. The standard InChI is InChI=1S/C17H21FN2O3/c18-14-7-12(13-8-16(22)19-17(23)9-13)1-2-15(14)20-5-3-11(10-21)4-6-20/h1-2,7,11,13,21H,3-6,8-10H2,(H,19,22,23). The third-order valence-corrected chi connectivity index (χ3v) is 4.80. The molecule has 3 rings (SSSR count). The minimum atomic E-state index is -0.316. The monoisotopic (exact) mass is 320 g/mol. The molecule has 2 aliphatic heterocycles. The van der Waals surface area contributed by atoms with Gasteiger partial charge in [0.05, 0.1) is 5.69 Å². The molecular formula is C17H21FN2O3. The van der Waals surface area contributed by atoms with Crippen molar-refractivity contribution in [3.05, 3.63) is 29.6 Å². The van der Waals surface area contributed by atoms with Crippen LogP contribution < -0.4 is 10.2 Å². The van der Waals surface area contributed by atoms with Gasteiger partial charge in [-0.05, 0) is 36.5 Å². The summed E-state index contributed by atoms with van der Waals surface area (Å²) in [6.07, 6.45) is 2.14. The van der Waals surface area contributed by atoms with E-state index in [4.69, 9.17) is 0 Å². The zero-order valence-corrected chi connectivity index (χ0v) is 12.9. The number of halogens is 1. The van der Waals surface area contributed by atoms with E-state index in [1.165, 1.54) is 6.07 Å². The van der Waals surface area contributed by atoms with Crippen molar-refractivity contribution in [1.82, 2.24) is 5.32 Å². The Hall–Kier alpha value is -1.95. The average molecular weight is 320 g/mol. The van der Waals surface area contributed by atoms with Gasteiger partial charge in [0.2, 0.25) is 11.8 Å². The molecule has 2 aliphatic rings. The van der Waals surface area contributed by atoms with Crippen LogP contribution in [0.25, 0.3) is 0 Å². The fourth-order valence-electron chi connectivity index (χ4n) is 3.40. The lowest BCUT2D eigenvalue weighted by Gasteiger charge is -2.33. The Morgan fingerprint density at radius 2 is 1.83 bits per heavy atom. The van der Waals surface area contributed by atoms with Crippen LogP contribution in [0.4, 0.5) is 10.1 Å². The molecule has 0 aromatic heterocycles. The molecule has 0 saturated carbocycles. The van der Waals surface area contributed by atoms with Crippen molar-refractivity contribution in [3.8, 4) is 0 Å². The maximum absolute atomic E-state index is 14.5. The van der Waals surface area contributed by atoms with E-state index in [2.05, 4.69) is 5.32 Å². The summed E-state index contributed by atoms with van der Waals surface area (Å²) in [6, 6.07) is 5.00. The fourth-order valence-corrected chi connectivity index (χ4v) is 3.40. The number of aliphatic hydroxyl groups excluding tert-OH is 1. The Labute approximate surface area is 134 Å². The number of aliphatic hydroxyl groups is 1. The van der Waals surface area contributed by atoms with Gasteiger partial charge in [-0.1, -0.05) is 6.07 Å². The van der Waals surface area contributed by atoms with Crippen LogP contribution in [0.2, 0.25) is 0 Å². The highest BCUT2D eigenvalue weighted by Gasteiger charge is 2.27. The van der Waals surface area contributed by atoms with Crippen molar-refractivity contribution in [2.45, 2.75) is 31.6 Å². The number of amides is 2. The number of anilines is 1. The molecule has 0 unspecified atom stereocenters. The summed E-state index contributed by atoms with van der Waals surface area (Å²) < 4.78 is 14.5. The van der Waals surface area contributed by atoms with E-state index < -0.39 is 0 Å². The summed E-state index contributed by atoms with van der Waals surface area (Å²) in [5.74, 6) is -0.868. The van der Waals surface area contributed by atoms with Gasteiger partial charge in [0.1, 0.15) is 5.82 Å². The van der Waals surface area contributed by atoms with Gasteiger partial charge in [0, 0.05) is 38.5 Å². The van der Waals surface area contributed by atoms with Gasteiger partial charge in [-0.2, -0.15) is 0 Å². The minimum absolute atomic E-state index is 0.188. The van der Waals surface area contributed by atoms with Crippen LogP contribution in [0.5, 0.6) is 0 Å². The van der Waals surface area contributed by atoms with Crippen LogP contribution in [-0.4, -0.2) is 36.6 Å². The van der Waals surface area contributed by atoms with E-state index >= 15 is 0 Å². The van der Waals surface area contributed by atoms with E-state index in [0.717, 1.165) is 25.9 Å². The SMILES string of the molecule is O=C1CC(c2ccc(N3CCC(CO)CC3)c(F)c2)CC(=O)N1. The van der Waals surface area contributed by atoms with Gasteiger partial charge in [-0.25, -0.2) is 4.39 Å². The quantitative estimate of drug-likeness (QED) is 0.829. The summed E-state index contributed by atoms with van der Waals surface area (Å²) >= 11 is 0. The Balaban J connectivity index is 1.73. The molecule has 0 radical (unpaired) electrons. The van der Waals surface area contributed by atoms with Crippen LogP contribution in [0.3, 0.4) is 0 Å².